The Balaban J connectivity index is 1.58. The average molecular weight is 499 g/mol. The molecule has 1 aliphatic rings. The van der Waals surface area contributed by atoms with Crippen LogP contribution in [0.25, 0.3) is 0 Å². The smallest absolute Gasteiger partial charge is 0.254 e. The highest BCUT2D eigenvalue weighted by atomic mass is 32.2. The van der Waals surface area contributed by atoms with Crippen LogP contribution in [0, 0.1) is 25.2 Å². The molecule has 7 nitrogen and oxygen atoms in total. The first-order valence-electron chi connectivity index (χ1n) is 11.4. The molecule has 1 aliphatic heterocycles. The van der Waals surface area contributed by atoms with Gasteiger partial charge in [-0.3, -0.25) is 9.59 Å². The van der Waals surface area contributed by atoms with E-state index in [4.69, 9.17) is 4.42 Å². The van der Waals surface area contributed by atoms with Crippen molar-refractivity contribution in [1.82, 2.24) is 5.32 Å². The van der Waals surface area contributed by atoms with E-state index in [1.54, 1.807) is 19.1 Å². The van der Waals surface area contributed by atoms with E-state index in [9.17, 15) is 14.9 Å². The zero-order chi connectivity index (χ0) is 25.7. The number of aryl methyl sites for hydroxylation is 2. The lowest BCUT2D eigenvalue weighted by atomic mass is 9.85. The van der Waals surface area contributed by atoms with Crippen LogP contribution in [-0.2, 0) is 9.59 Å². The summed E-state index contributed by atoms with van der Waals surface area (Å²) < 4.78 is 5.65. The molecule has 0 saturated heterocycles. The molecule has 36 heavy (non-hydrogen) atoms. The fourth-order valence-corrected chi connectivity index (χ4v) is 4.83. The number of nitrogens with zero attached hydrogens (tertiary/aromatic N) is 1. The standard InChI is InChI=1S/C28H26N4O3S/c1-17-10-12-20(13-11-17)31-24(33)16-36-28-21(15-29)26(23-9-6-14-35-23)25(19(3)30-28)27(34)32-22-8-5-4-7-18(22)2/h4-14,26,30H,16H2,1-3H3,(H,31,33)(H,32,34)/t26-/m1/s1. The van der Waals surface area contributed by atoms with Crippen molar-refractivity contribution < 1.29 is 14.0 Å². The van der Waals surface area contributed by atoms with E-state index >= 15 is 0 Å². The molecule has 4 rings (SSSR count). The SMILES string of the molecule is CC1=C(C(=O)Nc2ccccc2C)[C@@H](c2ccco2)C(C#N)=C(SCC(=O)Nc2ccc(C)cc2)N1. The zero-order valence-electron chi connectivity index (χ0n) is 20.2. The minimum atomic E-state index is -0.710. The molecule has 182 valence electrons. The van der Waals surface area contributed by atoms with E-state index in [2.05, 4.69) is 22.0 Å². The van der Waals surface area contributed by atoms with Crippen molar-refractivity contribution in [2.75, 3.05) is 16.4 Å². The summed E-state index contributed by atoms with van der Waals surface area (Å²) in [7, 11) is 0. The number of rotatable bonds is 7. The van der Waals surface area contributed by atoms with Gasteiger partial charge in [-0.05, 0) is 56.7 Å². The molecule has 0 radical (unpaired) electrons. The predicted octanol–water partition coefficient (Wildman–Crippen LogP) is 5.60. The van der Waals surface area contributed by atoms with Crippen molar-refractivity contribution in [3.05, 3.63) is 106 Å². The first-order chi connectivity index (χ1) is 17.4. The molecular formula is C28H26N4O3S. The lowest BCUT2D eigenvalue weighted by Crippen LogP contribution is -2.31. The van der Waals surface area contributed by atoms with Gasteiger partial charge in [-0.25, -0.2) is 0 Å². The van der Waals surface area contributed by atoms with Crippen LogP contribution in [0.5, 0.6) is 0 Å². The molecule has 8 heteroatoms. The van der Waals surface area contributed by atoms with E-state index in [1.807, 2.05) is 62.4 Å². The van der Waals surface area contributed by atoms with Gasteiger partial charge in [-0.1, -0.05) is 47.7 Å². The molecule has 2 amide bonds. The molecule has 0 spiro atoms. The van der Waals surface area contributed by atoms with Crippen molar-refractivity contribution in [2.24, 2.45) is 0 Å². The molecule has 0 aliphatic carbocycles. The minimum absolute atomic E-state index is 0.0876. The predicted molar refractivity (Wildman–Crippen MR) is 142 cm³/mol. The minimum Gasteiger partial charge on any atom is -0.468 e. The number of allylic oxidation sites excluding steroid dienone is 2. The highest BCUT2D eigenvalue weighted by Crippen LogP contribution is 2.41. The van der Waals surface area contributed by atoms with Gasteiger partial charge in [-0.15, -0.1) is 0 Å². The number of hydrogen-bond acceptors (Lipinski definition) is 6. The average Bonchev–Trinajstić information content (AvgIpc) is 3.39. The summed E-state index contributed by atoms with van der Waals surface area (Å²) >= 11 is 1.21. The summed E-state index contributed by atoms with van der Waals surface area (Å²) in [6, 6.07) is 20.7. The molecule has 2 aromatic carbocycles. The summed E-state index contributed by atoms with van der Waals surface area (Å²) in [6.45, 7) is 5.67. The zero-order valence-corrected chi connectivity index (χ0v) is 21.0. The molecule has 3 aromatic rings. The number of anilines is 2. The number of thioether (sulfide) groups is 1. The summed E-state index contributed by atoms with van der Waals surface area (Å²) in [5.74, 6) is -0.675. The normalized spacial score (nSPS) is 15.2. The number of nitriles is 1. The summed E-state index contributed by atoms with van der Waals surface area (Å²) in [6.07, 6.45) is 1.51. The number of carbonyl (C=O) groups is 2. The van der Waals surface area contributed by atoms with E-state index in [1.165, 1.54) is 18.0 Å². The third kappa shape index (κ3) is 5.53. The van der Waals surface area contributed by atoms with Crippen molar-refractivity contribution in [1.29, 1.82) is 5.26 Å². The van der Waals surface area contributed by atoms with Crippen LogP contribution in [0.15, 0.2) is 93.2 Å². The van der Waals surface area contributed by atoms with E-state index < -0.39 is 5.92 Å². The van der Waals surface area contributed by atoms with E-state index in [0.717, 1.165) is 11.1 Å². The molecule has 0 unspecified atom stereocenters. The van der Waals surface area contributed by atoms with Gasteiger partial charge in [0.25, 0.3) is 5.91 Å². The Kier molecular flexibility index (Phi) is 7.62. The highest BCUT2D eigenvalue weighted by molar-refractivity contribution is 8.03. The topological polar surface area (TPSA) is 107 Å². The Morgan fingerprint density at radius 2 is 1.78 bits per heavy atom. The maximum Gasteiger partial charge on any atom is 0.254 e. The Labute approximate surface area is 214 Å². The van der Waals surface area contributed by atoms with Crippen LogP contribution < -0.4 is 16.0 Å². The van der Waals surface area contributed by atoms with Gasteiger partial charge in [0, 0.05) is 17.1 Å². The second-order valence-electron chi connectivity index (χ2n) is 8.44. The van der Waals surface area contributed by atoms with E-state index in [-0.39, 0.29) is 17.6 Å². The fourth-order valence-electron chi connectivity index (χ4n) is 3.94. The fraction of sp³-hybridized carbons (Fsp3) is 0.179. The number of furan rings is 1. The Bertz CT molecular complexity index is 1380. The maximum atomic E-state index is 13.4. The van der Waals surface area contributed by atoms with Crippen molar-refractivity contribution in [3.63, 3.8) is 0 Å². The van der Waals surface area contributed by atoms with Gasteiger partial charge in [-0.2, -0.15) is 5.26 Å². The van der Waals surface area contributed by atoms with Gasteiger partial charge >= 0.3 is 0 Å². The molecule has 3 N–H and O–H groups in total. The van der Waals surface area contributed by atoms with Gasteiger partial charge in [0.1, 0.15) is 5.76 Å². The largest absolute Gasteiger partial charge is 0.468 e. The number of dihydropyridines is 1. The first kappa shape index (κ1) is 24.9. The van der Waals surface area contributed by atoms with Gasteiger partial charge in [0.2, 0.25) is 5.91 Å². The van der Waals surface area contributed by atoms with Crippen molar-refractivity contribution in [2.45, 2.75) is 26.7 Å². The molecule has 0 fully saturated rings. The number of para-hydroxylation sites is 1. The maximum absolute atomic E-state index is 13.4. The number of hydrogen-bond donors (Lipinski definition) is 3. The van der Waals surface area contributed by atoms with Crippen LogP contribution in [0.1, 0.15) is 29.7 Å². The lowest BCUT2D eigenvalue weighted by molar-refractivity contribution is -0.114. The third-order valence-electron chi connectivity index (χ3n) is 5.80. The van der Waals surface area contributed by atoms with Gasteiger partial charge < -0.3 is 20.4 Å². The van der Waals surface area contributed by atoms with Crippen LogP contribution in [0.4, 0.5) is 11.4 Å². The van der Waals surface area contributed by atoms with Crippen LogP contribution >= 0.6 is 11.8 Å². The van der Waals surface area contributed by atoms with Crippen LogP contribution in [0.2, 0.25) is 0 Å². The second kappa shape index (κ2) is 11.0. The Morgan fingerprint density at radius 3 is 2.44 bits per heavy atom. The molecule has 0 saturated carbocycles. The van der Waals surface area contributed by atoms with Crippen molar-refractivity contribution >= 4 is 35.0 Å². The Morgan fingerprint density at radius 1 is 1.03 bits per heavy atom. The quantitative estimate of drug-likeness (QED) is 0.391. The van der Waals surface area contributed by atoms with Crippen LogP contribution in [-0.4, -0.2) is 17.6 Å². The second-order valence-corrected chi connectivity index (χ2v) is 9.42. The Hall–Kier alpha value is -4.22. The molecule has 2 heterocycles. The molecule has 1 atom stereocenters. The summed E-state index contributed by atoms with van der Waals surface area (Å²) in [5.41, 5.74) is 4.72. The van der Waals surface area contributed by atoms with Crippen molar-refractivity contribution in [3.8, 4) is 6.07 Å². The number of nitrogens with one attached hydrogen (secondary N) is 3. The highest BCUT2D eigenvalue weighted by Gasteiger charge is 2.36. The first-order valence-corrected chi connectivity index (χ1v) is 12.4. The van der Waals surface area contributed by atoms with Gasteiger partial charge in [0.15, 0.2) is 0 Å². The monoisotopic (exact) mass is 498 g/mol. The summed E-state index contributed by atoms with van der Waals surface area (Å²) in [5, 5.41) is 19.6. The molecular weight excluding hydrogens is 472 g/mol. The molecule has 0 bridgehead atoms. The number of carbonyl (C=O) groups excluding carboxylic acids is 2. The molecule has 1 aromatic heterocycles. The third-order valence-corrected chi connectivity index (χ3v) is 6.81. The van der Waals surface area contributed by atoms with Crippen LogP contribution in [0.3, 0.4) is 0 Å². The summed E-state index contributed by atoms with van der Waals surface area (Å²) in [4.78, 5) is 26.0. The van der Waals surface area contributed by atoms with Gasteiger partial charge in [0.05, 0.1) is 40.2 Å². The number of benzene rings is 2. The lowest BCUT2D eigenvalue weighted by Gasteiger charge is -2.28. The number of amides is 2. The van der Waals surface area contributed by atoms with E-state index in [0.29, 0.717) is 39.0 Å².